The number of carbonyl (C=O) groups is 2. The van der Waals surface area contributed by atoms with Gasteiger partial charge in [0.15, 0.2) is 5.78 Å². The molecule has 1 rings (SSSR count). The lowest BCUT2D eigenvalue weighted by Gasteiger charge is -2.08. The lowest BCUT2D eigenvalue weighted by Crippen LogP contribution is -2.24. The molecule has 0 radical (unpaired) electrons. The Kier molecular flexibility index (Phi) is 3.28. The number of amides is 1. The van der Waals surface area contributed by atoms with Gasteiger partial charge in [0, 0.05) is 20.3 Å². The molecule has 0 aliphatic rings. The van der Waals surface area contributed by atoms with Crippen molar-refractivity contribution in [3.05, 3.63) is 24.3 Å². The second kappa shape index (κ2) is 4.45. The maximum absolute atomic E-state index is 11.4. The Hall–Kier alpha value is -1.78. The highest BCUT2D eigenvalue weighted by molar-refractivity contribution is 6.06. The molecule has 5 heteroatoms. The average Bonchev–Trinajstić information content (AvgIpc) is 2.19. The van der Waals surface area contributed by atoms with Gasteiger partial charge in [-0.05, 0) is 6.07 Å². The van der Waals surface area contributed by atoms with Crippen molar-refractivity contribution in [1.29, 1.82) is 0 Å². The molecule has 1 aromatic rings. The fraction of sp³-hybridized carbons (Fsp3) is 0.333. The predicted molar refractivity (Wildman–Crippen MR) is 49.7 cm³/mol. The van der Waals surface area contributed by atoms with Gasteiger partial charge < -0.3 is 4.90 Å². The Labute approximate surface area is 81.8 Å². The van der Waals surface area contributed by atoms with Gasteiger partial charge in [0.25, 0.3) is 0 Å². The molecule has 74 valence electrons. The number of nitrogens with zero attached hydrogens (tertiary/aromatic N) is 3. The number of hydrogen-bond donors (Lipinski definition) is 0. The van der Waals surface area contributed by atoms with E-state index in [1.807, 2.05) is 0 Å². The molecule has 5 nitrogen and oxygen atoms in total. The molecule has 0 bridgehead atoms. The molecule has 1 amide bonds. The van der Waals surface area contributed by atoms with Crippen LogP contribution in [0.15, 0.2) is 18.6 Å². The summed E-state index contributed by atoms with van der Waals surface area (Å²) in [6.45, 7) is 0. The smallest absolute Gasteiger partial charge is 0.229 e. The zero-order chi connectivity index (χ0) is 10.6. The molecule has 0 spiro atoms. The fourth-order valence-corrected chi connectivity index (χ4v) is 0.842. The molecular formula is C9H11N3O2. The van der Waals surface area contributed by atoms with Gasteiger partial charge >= 0.3 is 0 Å². The van der Waals surface area contributed by atoms with Gasteiger partial charge in [-0.1, -0.05) is 0 Å². The SMILES string of the molecule is CN(C)C(=O)CC(=O)c1ccncn1. The van der Waals surface area contributed by atoms with Crippen molar-refractivity contribution < 1.29 is 9.59 Å². The summed E-state index contributed by atoms with van der Waals surface area (Å²) < 4.78 is 0. The Morgan fingerprint density at radius 2 is 2.14 bits per heavy atom. The zero-order valence-electron chi connectivity index (χ0n) is 8.10. The topological polar surface area (TPSA) is 63.2 Å². The largest absolute Gasteiger partial charge is 0.348 e. The van der Waals surface area contributed by atoms with Crippen molar-refractivity contribution in [2.45, 2.75) is 6.42 Å². The molecular weight excluding hydrogens is 182 g/mol. The first kappa shape index (κ1) is 10.3. The molecule has 0 unspecified atom stereocenters. The van der Waals surface area contributed by atoms with E-state index >= 15 is 0 Å². The van der Waals surface area contributed by atoms with Gasteiger partial charge in [-0.2, -0.15) is 0 Å². The lowest BCUT2D eigenvalue weighted by molar-refractivity contribution is -0.127. The van der Waals surface area contributed by atoms with Gasteiger partial charge in [0.1, 0.15) is 12.0 Å². The lowest BCUT2D eigenvalue weighted by atomic mass is 10.2. The molecule has 14 heavy (non-hydrogen) atoms. The highest BCUT2D eigenvalue weighted by Crippen LogP contribution is 1.99. The van der Waals surface area contributed by atoms with Crippen LogP contribution >= 0.6 is 0 Å². The van der Waals surface area contributed by atoms with Crippen molar-refractivity contribution >= 4 is 11.7 Å². The fourth-order valence-electron chi connectivity index (χ4n) is 0.842. The van der Waals surface area contributed by atoms with Crippen molar-refractivity contribution in [3.8, 4) is 0 Å². The summed E-state index contributed by atoms with van der Waals surface area (Å²) in [6, 6.07) is 1.49. The summed E-state index contributed by atoms with van der Waals surface area (Å²) in [5, 5.41) is 0. The quantitative estimate of drug-likeness (QED) is 0.506. The molecule has 0 atom stereocenters. The minimum absolute atomic E-state index is 0.149. The molecule has 0 aromatic carbocycles. The molecule has 1 aromatic heterocycles. The average molecular weight is 193 g/mol. The van der Waals surface area contributed by atoms with Crippen LogP contribution in [0.5, 0.6) is 0 Å². The van der Waals surface area contributed by atoms with E-state index in [1.54, 1.807) is 14.1 Å². The number of ketones is 1. The second-order valence-electron chi connectivity index (χ2n) is 2.98. The van der Waals surface area contributed by atoms with Crippen LogP contribution < -0.4 is 0 Å². The minimum atomic E-state index is -0.286. The van der Waals surface area contributed by atoms with E-state index in [2.05, 4.69) is 9.97 Å². The summed E-state index contributed by atoms with van der Waals surface area (Å²) in [6.07, 6.45) is 2.61. The third-order valence-corrected chi connectivity index (χ3v) is 1.68. The minimum Gasteiger partial charge on any atom is -0.348 e. The van der Waals surface area contributed by atoms with Crippen LogP contribution in [0.25, 0.3) is 0 Å². The van der Waals surface area contributed by atoms with Crippen LogP contribution in [-0.4, -0.2) is 40.7 Å². The third-order valence-electron chi connectivity index (χ3n) is 1.68. The molecule has 0 aliphatic carbocycles. The van der Waals surface area contributed by atoms with E-state index in [0.717, 1.165) is 0 Å². The highest BCUT2D eigenvalue weighted by Gasteiger charge is 2.13. The molecule has 0 aliphatic heterocycles. The number of carbonyl (C=O) groups excluding carboxylic acids is 2. The Morgan fingerprint density at radius 1 is 1.43 bits per heavy atom. The number of Topliss-reactive ketones (excluding diaryl/α,β-unsaturated/α-hetero) is 1. The van der Waals surface area contributed by atoms with Crippen LogP contribution in [-0.2, 0) is 4.79 Å². The zero-order valence-corrected chi connectivity index (χ0v) is 8.10. The van der Waals surface area contributed by atoms with E-state index in [9.17, 15) is 9.59 Å². The van der Waals surface area contributed by atoms with Crippen molar-refractivity contribution in [1.82, 2.24) is 14.9 Å². The normalized spacial score (nSPS) is 9.57. The molecule has 1 heterocycles. The van der Waals surface area contributed by atoms with Crippen LogP contribution in [0.1, 0.15) is 16.9 Å². The van der Waals surface area contributed by atoms with Crippen LogP contribution in [0.4, 0.5) is 0 Å². The van der Waals surface area contributed by atoms with E-state index in [-0.39, 0.29) is 23.8 Å². The summed E-state index contributed by atoms with van der Waals surface area (Å²) >= 11 is 0. The maximum atomic E-state index is 11.4. The van der Waals surface area contributed by atoms with E-state index < -0.39 is 0 Å². The summed E-state index contributed by atoms with van der Waals surface area (Å²) in [7, 11) is 3.21. The van der Waals surface area contributed by atoms with Gasteiger partial charge in [-0.15, -0.1) is 0 Å². The predicted octanol–water partition coefficient (Wildman–Crippen LogP) is 0.138. The highest BCUT2D eigenvalue weighted by atomic mass is 16.2. The van der Waals surface area contributed by atoms with Crippen molar-refractivity contribution in [3.63, 3.8) is 0 Å². The molecule has 0 fully saturated rings. The number of rotatable bonds is 3. The molecule has 0 saturated heterocycles. The van der Waals surface area contributed by atoms with Crippen molar-refractivity contribution in [2.75, 3.05) is 14.1 Å². The summed E-state index contributed by atoms with van der Waals surface area (Å²) in [4.78, 5) is 31.4. The third kappa shape index (κ3) is 2.62. The Balaban J connectivity index is 2.65. The van der Waals surface area contributed by atoms with Gasteiger partial charge in [-0.3, -0.25) is 9.59 Å². The van der Waals surface area contributed by atoms with E-state index in [4.69, 9.17) is 0 Å². The van der Waals surface area contributed by atoms with Crippen LogP contribution in [0.2, 0.25) is 0 Å². The first-order valence-electron chi connectivity index (χ1n) is 4.10. The summed E-state index contributed by atoms with van der Waals surface area (Å²) in [5.74, 6) is -0.514. The number of hydrogen-bond acceptors (Lipinski definition) is 4. The Morgan fingerprint density at radius 3 is 2.64 bits per heavy atom. The van der Waals surface area contributed by atoms with Gasteiger partial charge in [-0.25, -0.2) is 9.97 Å². The van der Waals surface area contributed by atoms with Crippen molar-refractivity contribution in [2.24, 2.45) is 0 Å². The standard InChI is InChI=1S/C9H11N3O2/c1-12(2)9(14)5-8(13)7-3-4-10-6-11-7/h3-4,6H,5H2,1-2H3. The first-order chi connectivity index (χ1) is 6.61. The second-order valence-corrected chi connectivity index (χ2v) is 2.98. The first-order valence-corrected chi connectivity index (χ1v) is 4.10. The summed E-state index contributed by atoms with van der Waals surface area (Å²) in [5.41, 5.74) is 0.273. The number of aromatic nitrogens is 2. The van der Waals surface area contributed by atoms with Gasteiger partial charge in [0.2, 0.25) is 5.91 Å². The molecule has 0 saturated carbocycles. The monoisotopic (exact) mass is 193 g/mol. The maximum Gasteiger partial charge on any atom is 0.229 e. The van der Waals surface area contributed by atoms with Crippen LogP contribution in [0.3, 0.4) is 0 Å². The Bertz CT molecular complexity index is 335. The van der Waals surface area contributed by atoms with E-state index in [0.29, 0.717) is 0 Å². The van der Waals surface area contributed by atoms with E-state index in [1.165, 1.54) is 23.5 Å². The van der Waals surface area contributed by atoms with Gasteiger partial charge in [0.05, 0.1) is 6.42 Å². The molecule has 0 N–H and O–H groups in total. The van der Waals surface area contributed by atoms with Crippen LogP contribution in [0, 0.1) is 0 Å².